The maximum atomic E-state index is 12.6. The molecule has 7 nitrogen and oxygen atoms in total. The third-order valence-corrected chi connectivity index (χ3v) is 5.77. The number of ether oxygens (including phenoxy) is 3. The van der Waals surface area contributed by atoms with Crippen molar-refractivity contribution in [2.75, 3.05) is 20.3 Å². The summed E-state index contributed by atoms with van der Waals surface area (Å²) < 4.78 is 17.2. The third kappa shape index (κ3) is 6.59. The standard InChI is InChI=1S/C24H34N2O5S/c1-9-30-21(27)19-16(2)26(14-15-29-8)20(25-19)17-10-12-18(13-11-17)32-24(6,7)22(28)31-23(3,4)5/h10-13H,9,14-15H2,1-8H3. The van der Waals surface area contributed by atoms with Crippen LogP contribution in [-0.4, -0.2) is 52.2 Å². The van der Waals surface area contributed by atoms with Crippen LogP contribution < -0.4 is 0 Å². The van der Waals surface area contributed by atoms with Crippen LogP contribution in [0.1, 0.15) is 57.7 Å². The molecule has 1 aromatic heterocycles. The van der Waals surface area contributed by atoms with E-state index in [1.807, 2.05) is 70.4 Å². The molecule has 0 saturated carbocycles. The summed E-state index contributed by atoms with van der Waals surface area (Å²) in [6.45, 7) is 14.3. The van der Waals surface area contributed by atoms with Gasteiger partial charge in [0.05, 0.1) is 13.2 Å². The lowest BCUT2D eigenvalue weighted by Gasteiger charge is -2.28. The molecule has 8 heteroatoms. The van der Waals surface area contributed by atoms with Gasteiger partial charge in [0.1, 0.15) is 16.2 Å². The molecule has 2 aromatic rings. The first-order valence-corrected chi connectivity index (χ1v) is 11.5. The van der Waals surface area contributed by atoms with E-state index in [-0.39, 0.29) is 12.6 Å². The second-order valence-corrected chi connectivity index (χ2v) is 10.6. The van der Waals surface area contributed by atoms with Crippen LogP contribution in [0.5, 0.6) is 0 Å². The monoisotopic (exact) mass is 462 g/mol. The van der Waals surface area contributed by atoms with Crippen molar-refractivity contribution >= 4 is 23.7 Å². The van der Waals surface area contributed by atoms with E-state index in [0.29, 0.717) is 24.7 Å². The highest BCUT2D eigenvalue weighted by Gasteiger charge is 2.33. The fourth-order valence-electron chi connectivity index (χ4n) is 3.01. The van der Waals surface area contributed by atoms with E-state index in [0.717, 1.165) is 16.2 Å². The highest BCUT2D eigenvalue weighted by molar-refractivity contribution is 8.01. The summed E-state index contributed by atoms with van der Waals surface area (Å²) >= 11 is 1.44. The lowest BCUT2D eigenvalue weighted by atomic mass is 10.1. The van der Waals surface area contributed by atoms with Crippen LogP contribution >= 0.6 is 11.8 Å². The van der Waals surface area contributed by atoms with Crippen LogP contribution in [0.25, 0.3) is 11.4 Å². The molecular formula is C24H34N2O5S. The highest BCUT2D eigenvalue weighted by Crippen LogP contribution is 2.35. The molecule has 0 unspecified atom stereocenters. The first-order valence-electron chi connectivity index (χ1n) is 10.7. The highest BCUT2D eigenvalue weighted by atomic mass is 32.2. The maximum absolute atomic E-state index is 12.6. The van der Waals surface area contributed by atoms with Gasteiger partial charge < -0.3 is 18.8 Å². The number of rotatable bonds is 9. The lowest BCUT2D eigenvalue weighted by molar-refractivity contribution is -0.156. The van der Waals surface area contributed by atoms with Crippen molar-refractivity contribution in [1.29, 1.82) is 0 Å². The van der Waals surface area contributed by atoms with Gasteiger partial charge in [-0.2, -0.15) is 0 Å². The van der Waals surface area contributed by atoms with Crippen molar-refractivity contribution in [2.24, 2.45) is 0 Å². The minimum absolute atomic E-state index is 0.260. The summed E-state index contributed by atoms with van der Waals surface area (Å²) in [5, 5.41) is 0. The van der Waals surface area contributed by atoms with Gasteiger partial charge in [0.25, 0.3) is 0 Å². The Labute approximate surface area is 194 Å². The van der Waals surface area contributed by atoms with E-state index >= 15 is 0 Å². The zero-order valence-electron chi connectivity index (χ0n) is 20.3. The molecule has 0 aliphatic carbocycles. The SMILES string of the molecule is CCOC(=O)c1nc(-c2ccc(SC(C)(C)C(=O)OC(C)(C)C)cc2)n(CCOC)c1C. The van der Waals surface area contributed by atoms with Crippen LogP contribution in [-0.2, 0) is 25.5 Å². The number of carbonyl (C=O) groups is 2. The van der Waals surface area contributed by atoms with Gasteiger partial charge >= 0.3 is 11.9 Å². The number of esters is 2. The summed E-state index contributed by atoms with van der Waals surface area (Å²) in [5.74, 6) is -0.0249. The molecule has 0 radical (unpaired) electrons. The number of thioether (sulfide) groups is 1. The largest absolute Gasteiger partial charge is 0.461 e. The van der Waals surface area contributed by atoms with Crippen molar-refractivity contribution in [2.45, 2.75) is 70.3 Å². The predicted molar refractivity (Wildman–Crippen MR) is 126 cm³/mol. The maximum Gasteiger partial charge on any atom is 0.358 e. The first kappa shape index (κ1) is 25.9. The molecule has 0 atom stereocenters. The molecule has 176 valence electrons. The minimum atomic E-state index is -0.737. The second-order valence-electron chi connectivity index (χ2n) is 8.87. The molecule has 1 heterocycles. The fourth-order valence-corrected chi connectivity index (χ4v) is 4.00. The lowest BCUT2D eigenvalue weighted by Crippen LogP contribution is -2.36. The Morgan fingerprint density at radius 2 is 1.72 bits per heavy atom. The number of imidazole rings is 1. The zero-order valence-corrected chi connectivity index (χ0v) is 21.1. The molecule has 2 rings (SSSR count). The van der Waals surface area contributed by atoms with Crippen LogP contribution in [0, 0.1) is 6.92 Å². The van der Waals surface area contributed by atoms with Gasteiger partial charge in [-0.3, -0.25) is 4.79 Å². The Balaban J connectivity index is 2.31. The van der Waals surface area contributed by atoms with Crippen molar-refractivity contribution in [3.8, 4) is 11.4 Å². The Morgan fingerprint density at radius 3 is 2.25 bits per heavy atom. The molecule has 0 amide bonds. The summed E-state index contributed by atoms with van der Waals surface area (Å²) in [6.07, 6.45) is 0. The van der Waals surface area contributed by atoms with Crippen LogP contribution in [0.2, 0.25) is 0 Å². The van der Waals surface area contributed by atoms with E-state index in [1.165, 1.54) is 11.8 Å². The van der Waals surface area contributed by atoms with E-state index in [2.05, 4.69) is 4.98 Å². The number of methoxy groups -OCH3 is 1. The molecule has 1 aromatic carbocycles. The molecule has 0 N–H and O–H groups in total. The molecule has 0 bridgehead atoms. The topological polar surface area (TPSA) is 79.6 Å². The molecule has 0 aliphatic heterocycles. The number of aromatic nitrogens is 2. The van der Waals surface area contributed by atoms with Gasteiger partial charge in [-0.25, -0.2) is 9.78 Å². The van der Waals surface area contributed by atoms with Gasteiger partial charge in [0.15, 0.2) is 5.69 Å². The number of benzene rings is 1. The summed E-state index contributed by atoms with van der Waals surface area (Å²) in [5.41, 5.74) is 1.37. The minimum Gasteiger partial charge on any atom is -0.461 e. The Kier molecular flexibility index (Phi) is 8.54. The summed E-state index contributed by atoms with van der Waals surface area (Å²) in [4.78, 5) is 30.4. The average Bonchev–Trinajstić information content (AvgIpc) is 3.02. The van der Waals surface area contributed by atoms with Crippen molar-refractivity contribution in [3.05, 3.63) is 35.7 Å². The summed E-state index contributed by atoms with van der Waals surface area (Å²) in [7, 11) is 1.64. The van der Waals surface area contributed by atoms with Gasteiger partial charge in [0.2, 0.25) is 0 Å². The molecule has 0 spiro atoms. The average molecular weight is 463 g/mol. The van der Waals surface area contributed by atoms with Crippen molar-refractivity contribution in [1.82, 2.24) is 9.55 Å². The smallest absolute Gasteiger partial charge is 0.358 e. The number of nitrogens with zero attached hydrogens (tertiary/aromatic N) is 2. The van der Waals surface area contributed by atoms with Gasteiger partial charge in [0, 0.05) is 29.8 Å². The third-order valence-electron chi connectivity index (χ3n) is 4.58. The van der Waals surface area contributed by atoms with Crippen molar-refractivity contribution in [3.63, 3.8) is 0 Å². The Hall–Kier alpha value is -2.32. The van der Waals surface area contributed by atoms with Gasteiger partial charge in [-0.05, 0) is 60.6 Å². The number of carbonyl (C=O) groups excluding carboxylic acids is 2. The molecule has 0 saturated heterocycles. The summed E-state index contributed by atoms with van der Waals surface area (Å²) in [6, 6.07) is 7.77. The molecule has 32 heavy (non-hydrogen) atoms. The Morgan fingerprint density at radius 1 is 1.09 bits per heavy atom. The van der Waals surface area contributed by atoms with Crippen molar-refractivity contribution < 1.29 is 23.8 Å². The van der Waals surface area contributed by atoms with Gasteiger partial charge in [-0.1, -0.05) is 12.1 Å². The van der Waals surface area contributed by atoms with Crippen LogP contribution in [0.4, 0.5) is 0 Å². The fraction of sp³-hybridized carbons (Fsp3) is 0.542. The van der Waals surface area contributed by atoms with E-state index in [1.54, 1.807) is 14.0 Å². The Bertz CT molecular complexity index is 943. The quantitative estimate of drug-likeness (QED) is 0.387. The normalized spacial score (nSPS) is 12.0. The second kappa shape index (κ2) is 10.5. The van der Waals surface area contributed by atoms with E-state index < -0.39 is 16.3 Å². The molecule has 0 fully saturated rings. The number of hydrogen-bond donors (Lipinski definition) is 0. The zero-order chi connectivity index (χ0) is 24.1. The molecular weight excluding hydrogens is 428 g/mol. The predicted octanol–water partition coefficient (Wildman–Crippen LogP) is 4.89. The van der Waals surface area contributed by atoms with Crippen LogP contribution in [0.15, 0.2) is 29.2 Å². The first-order chi connectivity index (χ1) is 14.9. The van der Waals surface area contributed by atoms with Crippen LogP contribution in [0.3, 0.4) is 0 Å². The van der Waals surface area contributed by atoms with E-state index in [9.17, 15) is 9.59 Å². The molecule has 0 aliphatic rings. The van der Waals surface area contributed by atoms with E-state index in [4.69, 9.17) is 14.2 Å². The number of hydrogen-bond acceptors (Lipinski definition) is 7. The van der Waals surface area contributed by atoms with Gasteiger partial charge in [-0.15, -0.1) is 11.8 Å².